The fraction of sp³-hybridized carbons (Fsp3) is 0.400. The zero-order valence-electron chi connectivity index (χ0n) is 12.3. The summed E-state index contributed by atoms with van der Waals surface area (Å²) in [5.41, 5.74) is 4.61. The number of ether oxygens (including phenoxy) is 1. The maximum absolute atomic E-state index is 6.32. The van der Waals surface area contributed by atoms with Gasteiger partial charge in [-0.05, 0) is 26.0 Å². The van der Waals surface area contributed by atoms with Gasteiger partial charge in [0.05, 0.1) is 22.5 Å². The van der Waals surface area contributed by atoms with Gasteiger partial charge in [0.1, 0.15) is 12.4 Å². The summed E-state index contributed by atoms with van der Waals surface area (Å²) in [6, 6.07) is 9.62. The van der Waals surface area contributed by atoms with Crippen LogP contribution in [0, 0.1) is 6.92 Å². The van der Waals surface area contributed by atoms with Crippen LogP contribution in [0.5, 0.6) is 5.75 Å². The highest BCUT2D eigenvalue weighted by Crippen LogP contribution is 2.21. The van der Waals surface area contributed by atoms with E-state index in [0.29, 0.717) is 18.1 Å². The molecule has 0 spiro atoms. The van der Waals surface area contributed by atoms with Gasteiger partial charge in [-0.25, -0.2) is 0 Å². The first kappa shape index (κ1) is 15.8. The smallest absolute Gasteiger partial charge is 0.119 e. The third kappa shape index (κ3) is 3.97. The lowest BCUT2D eigenvalue weighted by atomic mass is 10.1. The maximum Gasteiger partial charge on any atom is 0.119 e. The molecule has 0 saturated heterocycles. The molecule has 2 rings (SSSR count). The van der Waals surface area contributed by atoms with Crippen molar-refractivity contribution in [3.8, 4) is 5.75 Å². The lowest BCUT2D eigenvalue weighted by Gasteiger charge is -2.17. The Hall–Kier alpha value is -1.56. The average Bonchev–Trinajstić information content (AvgIpc) is 2.79. The Morgan fingerprint density at radius 2 is 2.10 bits per heavy atom. The number of benzene rings is 1. The van der Waals surface area contributed by atoms with E-state index in [2.05, 4.69) is 10.5 Å². The van der Waals surface area contributed by atoms with E-state index in [0.717, 1.165) is 23.7 Å². The van der Waals surface area contributed by atoms with Crippen molar-refractivity contribution in [2.75, 3.05) is 6.61 Å². The van der Waals surface area contributed by atoms with Crippen LogP contribution in [0.4, 0.5) is 0 Å². The van der Waals surface area contributed by atoms with Crippen molar-refractivity contribution < 1.29 is 4.74 Å². The van der Waals surface area contributed by atoms with Gasteiger partial charge < -0.3 is 4.74 Å². The molecule has 21 heavy (non-hydrogen) atoms. The Bertz CT molecular complexity index is 571. The molecule has 3 N–H and O–H groups in total. The largest absolute Gasteiger partial charge is 0.492 e. The van der Waals surface area contributed by atoms with Gasteiger partial charge in [0.15, 0.2) is 0 Å². The van der Waals surface area contributed by atoms with E-state index >= 15 is 0 Å². The number of nitrogens with one attached hydrogen (secondary N) is 1. The van der Waals surface area contributed by atoms with Crippen LogP contribution in [0.1, 0.15) is 18.3 Å². The molecule has 0 saturated carbocycles. The molecule has 5 nitrogen and oxygen atoms in total. The molecular weight excluding hydrogens is 288 g/mol. The van der Waals surface area contributed by atoms with Crippen LogP contribution in [-0.2, 0) is 13.0 Å². The molecule has 1 aromatic carbocycles. The lowest BCUT2D eigenvalue weighted by Crippen LogP contribution is -2.41. The number of aryl methyl sites for hydroxylation is 2. The first-order valence-corrected chi connectivity index (χ1v) is 7.39. The predicted molar refractivity (Wildman–Crippen MR) is 84.4 cm³/mol. The molecule has 0 bridgehead atoms. The quantitative estimate of drug-likeness (QED) is 0.608. The molecule has 114 valence electrons. The normalized spacial score (nSPS) is 12.4. The number of para-hydroxylation sites is 1. The molecule has 0 aliphatic carbocycles. The van der Waals surface area contributed by atoms with Gasteiger partial charge in [-0.2, -0.15) is 5.10 Å². The molecule has 2 aromatic rings. The number of nitrogens with two attached hydrogens (primary N) is 1. The van der Waals surface area contributed by atoms with Crippen molar-refractivity contribution in [2.45, 2.75) is 32.9 Å². The fourth-order valence-corrected chi connectivity index (χ4v) is 2.39. The van der Waals surface area contributed by atoms with E-state index in [1.807, 2.05) is 48.9 Å². The maximum atomic E-state index is 6.32. The summed E-state index contributed by atoms with van der Waals surface area (Å²) in [4.78, 5) is 0. The van der Waals surface area contributed by atoms with Crippen molar-refractivity contribution in [2.24, 2.45) is 5.84 Å². The molecule has 1 heterocycles. The second-order valence-electron chi connectivity index (χ2n) is 4.85. The SMILES string of the molecule is CCn1nc(C)c(Cl)c1CC(COc1ccccc1)NN. The number of aromatic nitrogens is 2. The minimum absolute atomic E-state index is 0.0379. The molecule has 0 amide bonds. The minimum atomic E-state index is -0.0379. The van der Waals surface area contributed by atoms with Crippen molar-refractivity contribution in [3.05, 3.63) is 46.7 Å². The van der Waals surface area contributed by atoms with Crippen molar-refractivity contribution in [1.82, 2.24) is 15.2 Å². The number of hydrogen-bond donors (Lipinski definition) is 2. The van der Waals surface area contributed by atoms with E-state index in [4.69, 9.17) is 22.2 Å². The summed E-state index contributed by atoms with van der Waals surface area (Å²) >= 11 is 6.32. The summed E-state index contributed by atoms with van der Waals surface area (Å²) in [6.45, 7) is 5.19. The van der Waals surface area contributed by atoms with E-state index in [1.165, 1.54) is 0 Å². The first-order chi connectivity index (χ1) is 10.2. The summed E-state index contributed by atoms with van der Waals surface area (Å²) in [5.74, 6) is 6.45. The van der Waals surface area contributed by atoms with Crippen LogP contribution in [0.2, 0.25) is 5.02 Å². The Labute approximate surface area is 130 Å². The molecule has 0 aliphatic rings. The molecule has 0 aliphatic heterocycles. The summed E-state index contributed by atoms with van der Waals surface area (Å²) in [6.07, 6.45) is 0.664. The number of halogens is 1. The van der Waals surface area contributed by atoms with Gasteiger partial charge in [0.25, 0.3) is 0 Å². The fourth-order valence-electron chi connectivity index (χ4n) is 2.18. The highest BCUT2D eigenvalue weighted by atomic mass is 35.5. The second-order valence-corrected chi connectivity index (χ2v) is 5.23. The standard InChI is InChI=1S/C15H21ClN4O/c1-3-20-14(15(16)11(2)19-20)9-12(18-17)10-21-13-7-5-4-6-8-13/h4-8,12,18H,3,9-10,17H2,1-2H3. The monoisotopic (exact) mass is 308 g/mol. The van der Waals surface area contributed by atoms with E-state index in [1.54, 1.807) is 0 Å². The van der Waals surface area contributed by atoms with E-state index in [9.17, 15) is 0 Å². The Morgan fingerprint density at radius 1 is 1.38 bits per heavy atom. The molecule has 1 unspecified atom stereocenters. The third-order valence-electron chi connectivity index (χ3n) is 3.32. The number of hydrogen-bond acceptors (Lipinski definition) is 4. The summed E-state index contributed by atoms with van der Waals surface area (Å²) in [7, 11) is 0. The number of hydrazine groups is 1. The van der Waals surface area contributed by atoms with Gasteiger partial charge in [0.2, 0.25) is 0 Å². The summed E-state index contributed by atoms with van der Waals surface area (Å²) < 4.78 is 7.64. The first-order valence-electron chi connectivity index (χ1n) is 7.01. The molecule has 0 fully saturated rings. The van der Waals surface area contributed by atoms with Crippen molar-refractivity contribution in [1.29, 1.82) is 0 Å². The molecule has 0 radical (unpaired) electrons. The van der Waals surface area contributed by atoms with Crippen LogP contribution in [0.25, 0.3) is 0 Å². The van der Waals surface area contributed by atoms with Crippen LogP contribution < -0.4 is 16.0 Å². The Kier molecular flexibility index (Phi) is 5.61. The van der Waals surface area contributed by atoms with Gasteiger partial charge in [-0.1, -0.05) is 29.8 Å². The average molecular weight is 309 g/mol. The topological polar surface area (TPSA) is 65.1 Å². The van der Waals surface area contributed by atoms with Gasteiger partial charge in [-0.3, -0.25) is 16.0 Å². The van der Waals surface area contributed by atoms with E-state index < -0.39 is 0 Å². The summed E-state index contributed by atoms with van der Waals surface area (Å²) in [5, 5.41) is 5.11. The zero-order valence-corrected chi connectivity index (χ0v) is 13.1. The lowest BCUT2D eigenvalue weighted by molar-refractivity contribution is 0.262. The van der Waals surface area contributed by atoms with Gasteiger partial charge in [-0.15, -0.1) is 0 Å². The third-order valence-corrected chi connectivity index (χ3v) is 3.81. The van der Waals surface area contributed by atoms with Crippen molar-refractivity contribution >= 4 is 11.6 Å². The Morgan fingerprint density at radius 3 is 2.71 bits per heavy atom. The zero-order chi connectivity index (χ0) is 15.2. The Balaban J connectivity index is 2.02. The van der Waals surface area contributed by atoms with Crippen LogP contribution in [-0.4, -0.2) is 22.4 Å². The minimum Gasteiger partial charge on any atom is -0.492 e. The highest BCUT2D eigenvalue weighted by Gasteiger charge is 2.17. The number of rotatable bonds is 7. The van der Waals surface area contributed by atoms with E-state index in [-0.39, 0.29) is 6.04 Å². The van der Waals surface area contributed by atoms with Crippen LogP contribution in [0.15, 0.2) is 30.3 Å². The van der Waals surface area contributed by atoms with Gasteiger partial charge >= 0.3 is 0 Å². The number of nitrogens with zero attached hydrogens (tertiary/aromatic N) is 2. The molecule has 6 heteroatoms. The van der Waals surface area contributed by atoms with Crippen LogP contribution in [0.3, 0.4) is 0 Å². The molecule has 1 atom stereocenters. The predicted octanol–water partition coefficient (Wildman–Crippen LogP) is 2.32. The molecule has 1 aromatic heterocycles. The van der Waals surface area contributed by atoms with Crippen LogP contribution >= 0.6 is 11.6 Å². The molecular formula is C15H21ClN4O. The second kappa shape index (κ2) is 7.45. The highest BCUT2D eigenvalue weighted by molar-refractivity contribution is 6.31. The van der Waals surface area contributed by atoms with Gasteiger partial charge in [0, 0.05) is 13.0 Å². The van der Waals surface area contributed by atoms with Crippen molar-refractivity contribution in [3.63, 3.8) is 0 Å².